The number of fused-ring (bicyclic) bond motifs is 2. The number of likely N-dealkylation sites (N-methyl/N-ethyl adjacent to an activating group) is 1. The number of pyridine rings is 1. The Morgan fingerprint density at radius 2 is 1.86 bits per heavy atom. The number of carbonyl (C=O) groups excluding carboxylic acids is 1. The molecule has 1 N–H and O–H groups in total. The first kappa shape index (κ1) is 29.4. The Morgan fingerprint density at radius 1 is 1.12 bits per heavy atom. The first-order valence-electron chi connectivity index (χ1n) is 14.8. The van der Waals surface area contributed by atoms with Crippen molar-refractivity contribution in [3.8, 4) is 5.75 Å². The average molecular weight is 598 g/mol. The number of anilines is 1. The van der Waals surface area contributed by atoms with Crippen molar-refractivity contribution >= 4 is 11.9 Å². The topological polar surface area (TPSA) is 78.8 Å². The van der Waals surface area contributed by atoms with Gasteiger partial charge in [0.15, 0.2) is 11.6 Å². The van der Waals surface area contributed by atoms with E-state index in [0.29, 0.717) is 35.9 Å². The number of imidazole rings is 1. The maximum atomic E-state index is 15.6. The number of halogens is 3. The van der Waals surface area contributed by atoms with Crippen LogP contribution in [0, 0.1) is 5.82 Å². The van der Waals surface area contributed by atoms with Crippen molar-refractivity contribution in [2.75, 3.05) is 58.7 Å². The van der Waals surface area contributed by atoms with Crippen molar-refractivity contribution in [1.82, 2.24) is 29.2 Å². The maximum Gasteiger partial charge on any atom is 0.260 e. The third-order valence-corrected chi connectivity index (χ3v) is 9.11. The molecule has 1 amide bonds. The lowest BCUT2D eigenvalue weighted by molar-refractivity contribution is 0.0449. The first-order chi connectivity index (χ1) is 20.6. The molecule has 0 unspecified atom stereocenters. The van der Waals surface area contributed by atoms with Gasteiger partial charge < -0.3 is 24.4 Å². The molecule has 43 heavy (non-hydrogen) atoms. The molecule has 6 rings (SSSR count). The highest BCUT2D eigenvalue weighted by Crippen LogP contribution is 2.65. The minimum atomic E-state index is -2.96. The van der Waals surface area contributed by atoms with Gasteiger partial charge in [0, 0.05) is 76.8 Å². The van der Waals surface area contributed by atoms with Crippen LogP contribution < -0.4 is 10.1 Å². The molecule has 1 aliphatic carbocycles. The molecule has 230 valence electrons. The summed E-state index contributed by atoms with van der Waals surface area (Å²) in [6.45, 7) is 7.93. The number of nitrogens with zero attached hydrogens (tertiary/aromatic N) is 6. The highest BCUT2D eigenvalue weighted by molar-refractivity contribution is 5.99. The van der Waals surface area contributed by atoms with Gasteiger partial charge in [0.25, 0.3) is 11.8 Å². The number of amides is 1. The fourth-order valence-electron chi connectivity index (χ4n) is 6.60. The molecule has 1 saturated heterocycles. The van der Waals surface area contributed by atoms with Crippen LogP contribution in [0.2, 0.25) is 0 Å². The normalized spacial score (nSPS) is 22.5. The van der Waals surface area contributed by atoms with Crippen molar-refractivity contribution < 1.29 is 22.7 Å². The zero-order valence-electron chi connectivity index (χ0n) is 25.0. The summed E-state index contributed by atoms with van der Waals surface area (Å²) in [4.78, 5) is 28.8. The Kier molecular flexibility index (Phi) is 7.62. The van der Waals surface area contributed by atoms with E-state index in [2.05, 4.69) is 32.1 Å². The van der Waals surface area contributed by atoms with Gasteiger partial charge in [-0.2, -0.15) is 0 Å². The zero-order chi connectivity index (χ0) is 30.5. The van der Waals surface area contributed by atoms with Crippen LogP contribution in [0.5, 0.6) is 5.75 Å². The van der Waals surface area contributed by atoms with Crippen molar-refractivity contribution in [3.05, 3.63) is 70.6 Å². The quantitative estimate of drug-likeness (QED) is 0.397. The Balaban J connectivity index is 1.44. The third kappa shape index (κ3) is 5.24. The van der Waals surface area contributed by atoms with Gasteiger partial charge in [-0.15, -0.1) is 0 Å². The summed E-state index contributed by atoms with van der Waals surface area (Å²) >= 11 is 0. The number of carbonyl (C=O) groups is 1. The lowest BCUT2D eigenvalue weighted by Crippen LogP contribution is -2.48. The third-order valence-electron chi connectivity index (χ3n) is 9.11. The Bertz CT molecular complexity index is 1520. The van der Waals surface area contributed by atoms with Gasteiger partial charge in [-0.05, 0) is 43.7 Å². The Labute approximate surface area is 249 Å². The molecule has 0 radical (unpaired) electrons. The highest BCUT2D eigenvalue weighted by Gasteiger charge is 2.75. The van der Waals surface area contributed by atoms with Crippen LogP contribution >= 0.6 is 0 Å². The van der Waals surface area contributed by atoms with E-state index in [1.54, 1.807) is 33.2 Å². The monoisotopic (exact) mass is 597 g/mol. The summed E-state index contributed by atoms with van der Waals surface area (Å²) in [5, 5.41) is 3.06. The zero-order valence-corrected chi connectivity index (χ0v) is 25.0. The van der Waals surface area contributed by atoms with Crippen LogP contribution in [0.1, 0.15) is 59.1 Å². The van der Waals surface area contributed by atoms with Gasteiger partial charge in [0.2, 0.25) is 5.95 Å². The largest absolute Gasteiger partial charge is 0.491 e. The number of piperazine rings is 1. The number of aromatic nitrogens is 3. The van der Waals surface area contributed by atoms with E-state index < -0.39 is 23.2 Å². The van der Waals surface area contributed by atoms with E-state index in [9.17, 15) is 9.18 Å². The van der Waals surface area contributed by atoms with Gasteiger partial charge in [-0.25, -0.2) is 18.2 Å². The highest BCUT2D eigenvalue weighted by atomic mass is 19.3. The second-order valence-electron chi connectivity index (χ2n) is 11.9. The van der Waals surface area contributed by atoms with Gasteiger partial charge in [0.05, 0.1) is 36.5 Å². The molecule has 12 heteroatoms. The predicted octanol–water partition coefficient (Wildman–Crippen LogP) is 4.15. The summed E-state index contributed by atoms with van der Waals surface area (Å²) in [5.41, 5.74) is 1.27. The molecule has 2 fully saturated rings. The van der Waals surface area contributed by atoms with Crippen molar-refractivity contribution in [2.24, 2.45) is 0 Å². The number of ether oxygens (including phenoxy) is 1. The molecule has 3 aromatic rings. The van der Waals surface area contributed by atoms with Crippen molar-refractivity contribution in [3.63, 3.8) is 0 Å². The number of hydrogen-bond acceptors (Lipinski definition) is 7. The van der Waals surface area contributed by atoms with Gasteiger partial charge in [0.1, 0.15) is 0 Å². The number of hydrogen-bond donors (Lipinski definition) is 1. The van der Waals surface area contributed by atoms with E-state index in [1.807, 2.05) is 16.8 Å². The van der Waals surface area contributed by atoms with E-state index >= 15 is 8.78 Å². The maximum absolute atomic E-state index is 15.6. The Morgan fingerprint density at radius 3 is 2.53 bits per heavy atom. The van der Waals surface area contributed by atoms with Crippen LogP contribution in [0.3, 0.4) is 0 Å². The average Bonchev–Trinajstić information content (AvgIpc) is 3.27. The number of rotatable bonds is 9. The van der Waals surface area contributed by atoms with Gasteiger partial charge >= 0.3 is 0 Å². The summed E-state index contributed by atoms with van der Waals surface area (Å²) < 4.78 is 52.8. The molecule has 1 aromatic carbocycles. The fourth-order valence-corrected chi connectivity index (χ4v) is 6.60. The standard InChI is InChI=1S/C31H38F3N7O2/c1-5-43-26-14-25(37-15-24(26)32)20(2)41-19-30(18-31(30,33)34)27-22(17-39-10-8-38(4)9-11-39)12-21(13-23(27)28(41)42)16-40-7-6-36-29(40)35-3/h6-7,12-15,20H,5,8-11,16-19H2,1-4H3,(H,35,36)/t20-,30+/m1/s1. The van der Waals surface area contributed by atoms with Crippen LogP contribution in [-0.4, -0.2) is 94.5 Å². The lowest BCUT2D eigenvalue weighted by atomic mass is 9.80. The van der Waals surface area contributed by atoms with Crippen LogP contribution in [-0.2, 0) is 18.5 Å². The smallest absolute Gasteiger partial charge is 0.260 e. The Hall–Kier alpha value is -3.64. The van der Waals surface area contributed by atoms with Gasteiger partial charge in [-0.3, -0.25) is 14.7 Å². The SMILES string of the molecule is CCOc1cc([C@@H](C)N2C[C@@]3(CC3(F)F)c3c(CN4CCN(C)CC4)cc(Cn4ccnc4NC)cc3C2=O)ncc1F. The molecule has 0 bridgehead atoms. The van der Waals surface area contributed by atoms with Crippen LogP contribution in [0.15, 0.2) is 36.8 Å². The van der Waals surface area contributed by atoms with Crippen LogP contribution in [0.4, 0.5) is 19.1 Å². The number of alkyl halides is 2. The lowest BCUT2D eigenvalue weighted by Gasteiger charge is -2.40. The van der Waals surface area contributed by atoms with E-state index in [4.69, 9.17) is 4.74 Å². The van der Waals surface area contributed by atoms with Crippen molar-refractivity contribution in [2.45, 2.75) is 50.7 Å². The summed E-state index contributed by atoms with van der Waals surface area (Å²) in [6.07, 6.45) is 4.26. The number of benzene rings is 1. The molecule has 9 nitrogen and oxygen atoms in total. The van der Waals surface area contributed by atoms with E-state index in [0.717, 1.165) is 43.5 Å². The molecule has 2 atom stereocenters. The first-order valence-corrected chi connectivity index (χ1v) is 14.8. The molecule has 1 spiro atoms. The minimum absolute atomic E-state index is 0.0214. The second-order valence-corrected chi connectivity index (χ2v) is 11.9. The molecule has 2 aromatic heterocycles. The van der Waals surface area contributed by atoms with Gasteiger partial charge in [-0.1, -0.05) is 6.07 Å². The van der Waals surface area contributed by atoms with Crippen LogP contribution in [0.25, 0.3) is 0 Å². The van der Waals surface area contributed by atoms with E-state index in [1.165, 1.54) is 11.0 Å². The summed E-state index contributed by atoms with van der Waals surface area (Å²) in [6, 6.07) is 4.54. The number of nitrogens with one attached hydrogen (secondary N) is 1. The second kappa shape index (κ2) is 11.1. The molecule has 1 saturated carbocycles. The molecular weight excluding hydrogens is 559 g/mol. The molecule has 4 heterocycles. The van der Waals surface area contributed by atoms with Crippen molar-refractivity contribution in [1.29, 1.82) is 0 Å². The van der Waals surface area contributed by atoms with E-state index in [-0.39, 0.29) is 31.2 Å². The molecule has 2 aliphatic heterocycles. The summed E-state index contributed by atoms with van der Waals surface area (Å²) in [7, 11) is 3.86. The summed E-state index contributed by atoms with van der Waals surface area (Å²) in [5.74, 6) is -3.22. The minimum Gasteiger partial charge on any atom is -0.491 e. The molecular formula is C31H38F3N7O2. The predicted molar refractivity (Wildman–Crippen MR) is 156 cm³/mol. The fraction of sp³-hybridized carbons (Fsp3) is 0.516. The molecule has 3 aliphatic rings.